The second-order valence-corrected chi connectivity index (χ2v) is 13.1. The van der Waals surface area contributed by atoms with E-state index in [-0.39, 0.29) is 38.0 Å². The summed E-state index contributed by atoms with van der Waals surface area (Å²) in [6.45, 7) is 13.7. The van der Waals surface area contributed by atoms with E-state index in [4.69, 9.17) is 0 Å². The number of benzene rings is 2. The van der Waals surface area contributed by atoms with Gasteiger partial charge in [0.1, 0.15) is 24.7 Å². The number of rotatable bonds is 15. The van der Waals surface area contributed by atoms with Gasteiger partial charge in [0, 0.05) is 24.2 Å². The van der Waals surface area contributed by atoms with Gasteiger partial charge in [0.15, 0.2) is 0 Å². The number of nitrogens with zero attached hydrogens (tertiary/aromatic N) is 5. The molecule has 3 aromatic heterocycles. The van der Waals surface area contributed by atoms with Gasteiger partial charge in [-0.2, -0.15) is 0 Å². The number of hydrogen-bond acceptors (Lipinski definition) is 9. The van der Waals surface area contributed by atoms with Gasteiger partial charge in [0.2, 0.25) is 11.8 Å². The van der Waals surface area contributed by atoms with E-state index in [1.807, 2.05) is 50.2 Å². The Morgan fingerprint density at radius 1 is 0.632 bits per heavy atom. The molecule has 0 aliphatic heterocycles. The highest BCUT2D eigenvalue weighted by Gasteiger charge is 2.19. The molecule has 5 rings (SSSR count). The maximum Gasteiger partial charge on any atom is 0.407 e. The highest BCUT2D eigenvalue weighted by molar-refractivity contribution is 6.00. The molecule has 0 atom stereocenters. The van der Waals surface area contributed by atoms with Crippen LogP contribution >= 0.6 is 0 Å². The number of fused-ring (bicyclic) bond motifs is 1. The summed E-state index contributed by atoms with van der Waals surface area (Å²) in [5.74, 6) is 0.766. The number of nitrogens with one attached hydrogen (secondary N) is 5. The third-order valence-electron chi connectivity index (χ3n) is 8.15. The van der Waals surface area contributed by atoms with E-state index >= 15 is 0 Å². The van der Waals surface area contributed by atoms with Gasteiger partial charge in [0.25, 0.3) is 0 Å². The van der Waals surface area contributed by atoms with Crippen molar-refractivity contribution < 1.29 is 28.7 Å². The first-order chi connectivity index (χ1) is 27.6. The van der Waals surface area contributed by atoms with Crippen LogP contribution in [0.25, 0.3) is 44.7 Å². The van der Waals surface area contributed by atoms with Crippen LogP contribution in [-0.2, 0) is 32.2 Å². The zero-order valence-electron chi connectivity index (χ0n) is 34.5. The zero-order valence-corrected chi connectivity index (χ0v) is 34.5. The largest absolute Gasteiger partial charge is 0.453 e. The zero-order chi connectivity index (χ0) is 41.7. The summed E-state index contributed by atoms with van der Waals surface area (Å²) in [5, 5.41) is 4.86. The number of aromatic nitrogens is 6. The Hall–Kier alpha value is -6.19. The van der Waals surface area contributed by atoms with Crippen LogP contribution in [0, 0.1) is 0 Å². The van der Waals surface area contributed by atoms with Crippen molar-refractivity contribution in [2.45, 2.75) is 80.3 Å². The van der Waals surface area contributed by atoms with Crippen LogP contribution in [0.15, 0.2) is 55.1 Å². The molecule has 16 heteroatoms. The van der Waals surface area contributed by atoms with Crippen LogP contribution < -0.4 is 10.6 Å². The first-order valence-corrected chi connectivity index (χ1v) is 19.4. The van der Waals surface area contributed by atoms with E-state index in [9.17, 15) is 19.2 Å². The van der Waals surface area contributed by atoms with Crippen LogP contribution in [0.5, 0.6) is 0 Å². The summed E-state index contributed by atoms with van der Waals surface area (Å²) < 4.78 is 9.12. The standard InChI is InChI=1S/C35H42N10O6.2C3H8/c1-5-13-44(30(46)17-38-34(48)50-3)19-28-36-15-26(42-28)23-9-7-22(8-10-23)24-11-12-25(33-32(24)40-21-41-33)27-16-37-29(43-27)20-45(14-6-2)31(47)18-39-35(49)51-4;2*1-3-2/h7-12,15-16,21H,5-6,13-14,17-20H2,1-4H3,(H,36,42)(H,37,43)(H,38,48)(H,39,49)(H,40,41);2*3H2,1-2H3. The number of aromatic amines is 3. The number of imidazole rings is 3. The number of alkyl carbamates (subject to hydrolysis) is 2. The van der Waals surface area contributed by atoms with E-state index in [2.05, 4.69) is 77.7 Å². The summed E-state index contributed by atoms with van der Waals surface area (Å²) >= 11 is 0. The highest BCUT2D eigenvalue weighted by Crippen LogP contribution is 2.34. The van der Waals surface area contributed by atoms with Gasteiger partial charge >= 0.3 is 12.2 Å². The van der Waals surface area contributed by atoms with Crippen LogP contribution in [-0.4, -0.2) is 104 Å². The topological polar surface area (TPSA) is 203 Å². The van der Waals surface area contributed by atoms with Gasteiger partial charge in [-0.05, 0) is 30.0 Å². The molecule has 2 aromatic carbocycles. The van der Waals surface area contributed by atoms with E-state index in [1.165, 1.54) is 27.1 Å². The molecule has 4 amide bonds. The summed E-state index contributed by atoms with van der Waals surface area (Å²) in [6, 6.07) is 12.1. The summed E-state index contributed by atoms with van der Waals surface area (Å²) in [6.07, 6.45) is 7.80. The van der Waals surface area contributed by atoms with E-state index in [0.717, 1.165) is 57.5 Å². The molecule has 0 spiro atoms. The van der Waals surface area contributed by atoms with Crippen molar-refractivity contribution in [3.05, 3.63) is 66.8 Å². The van der Waals surface area contributed by atoms with Crippen molar-refractivity contribution in [2.75, 3.05) is 40.4 Å². The molecule has 0 aliphatic carbocycles. The molecule has 0 aliphatic rings. The molecule has 57 heavy (non-hydrogen) atoms. The van der Waals surface area contributed by atoms with Crippen LogP contribution in [0.2, 0.25) is 0 Å². The van der Waals surface area contributed by atoms with Crippen molar-refractivity contribution in [1.29, 1.82) is 0 Å². The van der Waals surface area contributed by atoms with E-state index in [1.54, 1.807) is 28.5 Å². The van der Waals surface area contributed by atoms with Crippen LogP contribution in [0.3, 0.4) is 0 Å². The molecule has 308 valence electrons. The lowest BCUT2D eigenvalue weighted by Crippen LogP contribution is -2.40. The number of carbonyl (C=O) groups excluding carboxylic acids is 4. The smallest absolute Gasteiger partial charge is 0.407 e. The number of H-pyrrole nitrogens is 3. The molecule has 5 N–H and O–H groups in total. The van der Waals surface area contributed by atoms with Crippen molar-refractivity contribution in [2.24, 2.45) is 0 Å². The molecule has 3 heterocycles. The second-order valence-electron chi connectivity index (χ2n) is 13.1. The first kappa shape index (κ1) is 45.2. The molecule has 0 saturated carbocycles. The van der Waals surface area contributed by atoms with E-state index in [0.29, 0.717) is 24.7 Å². The molecule has 0 saturated heterocycles. The highest BCUT2D eigenvalue weighted by atomic mass is 16.5. The Morgan fingerprint density at radius 2 is 1.09 bits per heavy atom. The molecular formula is C41H58N10O6. The van der Waals surface area contributed by atoms with Crippen LogP contribution in [0.4, 0.5) is 9.59 Å². The molecule has 0 radical (unpaired) electrons. The SMILES string of the molecule is CCC.CCC.CCCN(Cc1ncc(-c2ccc(-c3ccc(-c4cnc(CN(CCC)C(=O)CNC(=O)OC)[nH]4)c4nc[nH]c34)cc2)[nH]1)C(=O)CNC(=O)OC. The maximum absolute atomic E-state index is 12.7. The van der Waals surface area contributed by atoms with Gasteiger partial charge < -0.3 is 44.9 Å². The molecule has 0 unspecified atom stereocenters. The van der Waals surface area contributed by atoms with Crippen molar-refractivity contribution in [1.82, 2.24) is 50.3 Å². The second kappa shape index (κ2) is 23.7. The monoisotopic (exact) mass is 786 g/mol. The predicted octanol–water partition coefficient (Wildman–Crippen LogP) is 7.03. The summed E-state index contributed by atoms with van der Waals surface area (Å²) in [4.78, 5) is 75.1. The lowest BCUT2D eigenvalue weighted by atomic mass is 9.99. The molecule has 0 bridgehead atoms. The van der Waals surface area contributed by atoms with Crippen molar-refractivity contribution in [3.63, 3.8) is 0 Å². The quantitative estimate of drug-likeness (QED) is 0.0738. The van der Waals surface area contributed by atoms with Gasteiger partial charge in [0.05, 0.1) is 68.5 Å². The van der Waals surface area contributed by atoms with Crippen molar-refractivity contribution >= 4 is 35.0 Å². The maximum atomic E-state index is 12.7. The Kier molecular flexibility index (Phi) is 18.8. The fraction of sp³-hybridized carbons (Fsp3) is 0.439. The predicted molar refractivity (Wildman–Crippen MR) is 221 cm³/mol. The Labute approximate surface area is 334 Å². The lowest BCUT2D eigenvalue weighted by Gasteiger charge is -2.21. The minimum absolute atomic E-state index is 0.159. The lowest BCUT2D eigenvalue weighted by molar-refractivity contribution is -0.131. The van der Waals surface area contributed by atoms with Gasteiger partial charge in [-0.3, -0.25) is 9.59 Å². The Bertz CT molecular complexity index is 2000. The number of methoxy groups -OCH3 is 2. The number of ether oxygens (including phenoxy) is 2. The fourth-order valence-corrected chi connectivity index (χ4v) is 5.64. The summed E-state index contributed by atoms with van der Waals surface area (Å²) in [5.41, 5.74) is 6.93. The number of carbonyl (C=O) groups is 4. The van der Waals surface area contributed by atoms with Gasteiger partial charge in [-0.1, -0.05) is 84.7 Å². The van der Waals surface area contributed by atoms with Gasteiger partial charge in [-0.15, -0.1) is 0 Å². The number of hydrogen-bond donors (Lipinski definition) is 5. The average molecular weight is 787 g/mol. The van der Waals surface area contributed by atoms with E-state index < -0.39 is 12.2 Å². The molecule has 16 nitrogen and oxygen atoms in total. The van der Waals surface area contributed by atoms with Crippen molar-refractivity contribution in [3.8, 4) is 33.6 Å². The fourth-order valence-electron chi connectivity index (χ4n) is 5.64. The third-order valence-corrected chi connectivity index (χ3v) is 8.15. The number of amides is 4. The Morgan fingerprint density at radius 3 is 1.58 bits per heavy atom. The average Bonchev–Trinajstić information content (AvgIpc) is 4.01. The first-order valence-electron chi connectivity index (χ1n) is 19.4. The van der Waals surface area contributed by atoms with Gasteiger partial charge in [-0.25, -0.2) is 24.5 Å². The molecule has 0 fully saturated rings. The minimum Gasteiger partial charge on any atom is -0.453 e. The minimum atomic E-state index is -0.663. The third kappa shape index (κ3) is 13.2. The molecule has 5 aromatic rings. The normalized spacial score (nSPS) is 10.4. The molecular weight excluding hydrogens is 729 g/mol. The Balaban J connectivity index is 0.00000136. The van der Waals surface area contributed by atoms with Crippen LogP contribution in [0.1, 0.15) is 78.9 Å². The summed E-state index contributed by atoms with van der Waals surface area (Å²) in [7, 11) is 2.50.